The Hall–Kier alpha value is -1.37. The quantitative estimate of drug-likeness (QED) is 0.915. The number of hydrogen-bond donors (Lipinski definition) is 1. The predicted octanol–water partition coefficient (Wildman–Crippen LogP) is 2.85. The molecule has 1 aromatic carbocycles. The maximum absolute atomic E-state index is 10.7. The van der Waals surface area contributed by atoms with E-state index in [-0.39, 0.29) is 0 Å². The molecule has 106 valence electrons. The summed E-state index contributed by atoms with van der Waals surface area (Å²) < 4.78 is 0. The van der Waals surface area contributed by atoms with E-state index >= 15 is 0 Å². The molecule has 2 unspecified atom stereocenters. The molecule has 2 aliphatic rings. The van der Waals surface area contributed by atoms with Crippen molar-refractivity contribution >= 4 is 0 Å². The predicted molar refractivity (Wildman–Crippen MR) is 77.8 cm³/mol. The zero-order valence-electron chi connectivity index (χ0n) is 11.8. The molecular formula is C17H22N2O. The van der Waals surface area contributed by atoms with Gasteiger partial charge in [0.15, 0.2) is 0 Å². The minimum absolute atomic E-state index is 0.467. The van der Waals surface area contributed by atoms with E-state index in [1.165, 1.54) is 18.4 Å². The first-order valence-corrected chi connectivity index (χ1v) is 7.59. The zero-order valence-corrected chi connectivity index (χ0v) is 11.8. The Balaban J connectivity index is 1.68. The maximum atomic E-state index is 10.7. The minimum atomic E-state index is -0.602. The fourth-order valence-corrected chi connectivity index (χ4v) is 3.96. The standard InChI is InChI=1S/C17H22N2O/c18-10-4-9-17(20)11-15-7-8-16(12-17)19(15)13-14-5-2-1-3-6-14/h1-3,5-6,15-16,20H,4,7-9,11-13H2. The summed E-state index contributed by atoms with van der Waals surface area (Å²) >= 11 is 0. The lowest BCUT2D eigenvalue weighted by atomic mass is 9.82. The number of piperidine rings is 1. The van der Waals surface area contributed by atoms with E-state index in [1.54, 1.807) is 0 Å². The van der Waals surface area contributed by atoms with Crippen LogP contribution in [0.1, 0.15) is 44.1 Å². The van der Waals surface area contributed by atoms with Gasteiger partial charge in [-0.1, -0.05) is 30.3 Å². The molecule has 0 aliphatic carbocycles. The van der Waals surface area contributed by atoms with Gasteiger partial charge in [0.1, 0.15) is 0 Å². The lowest BCUT2D eigenvalue weighted by Crippen LogP contribution is -2.50. The summed E-state index contributed by atoms with van der Waals surface area (Å²) in [6.07, 6.45) is 5.14. The van der Waals surface area contributed by atoms with Gasteiger partial charge < -0.3 is 5.11 Å². The van der Waals surface area contributed by atoms with Crippen LogP contribution in [0.25, 0.3) is 0 Å². The van der Waals surface area contributed by atoms with E-state index < -0.39 is 5.60 Å². The Kier molecular flexibility index (Phi) is 3.78. The molecule has 2 bridgehead atoms. The summed E-state index contributed by atoms with van der Waals surface area (Å²) in [6.45, 7) is 0.991. The largest absolute Gasteiger partial charge is 0.390 e. The second kappa shape index (κ2) is 5.55. The number of aliphatic hydroxyl groups is 1. The van der Waals surface area contributed by atoms with Crippen molar-refractivity contribution in [3.05, 3.63) is 35.9 Å². The average Bonchev–Trinajstić information content (AvgIpc) is 2.71. The third-order valence-electron chi connectivity index (χ3n) is 4.91. The number of fused-ring (bicyclic) bond motifs is 2. The van der Waals surface area contributed by atoms with Gasteiger partial charge in [0.05, 0.1) is 11.7 Å². The van der Waals surface area contributed by atoms with E-state index in [2.05, 4.69) is 41.3 Å². The molecule has 3 rings (SSSR count). The van der Waals surface area contributed by atoms with Gasteiger partial charge in [0.25, 0.3) is 0 Å². The van der Waals surface area contributed by atoms with Crippen LogP contribution >= 0.6 is 0 Å². The molecule has 0 spiro atoms. The molecule has 1 aromatic rings. The van der Waals surface area contributed by atoms with Crippen molar-refractivity contribution in [1.82, 2.24) is 4.90 Å². The number of nitriles is 1. The number of rotatable bonds is 4. The number of hydrogen-bond acceptors (Lipinski definition) is 3. The molecule has 2 saturated heterocycles. The van der Waals surface area contributed by atoms with Crippen LogP contribution in [0.5, 0.6) is 0 Å². The Morgan fingerprint density at radius 3 is 2.45 bits per heavy atom. The zero-order chi connectivity index (χ0) is 14.0. The Morgan fingerprint density at radius 1 is 1.20 bits per heavy atom. The fourth-order valence-electron chi connectivity index (χ4n) is 3.96. The molecule has 0 radical (unpaired) electrons. The van der Waals surface area contributed by atoms with Crippen molar-refractivity contribution in [1.29, 1.82) is 5.26 Å². The molecule has 0 amide bonds. The fraction of sp³-hybridized carbons (Fsp3) is 0.588. The van der Waals surface area contributed by atoms with Gasteiger partial charge in [0.2, 0.25) is 0 Å². The van der Waals surface area contributed by atoms with Crippen LogP contribution in [0.15, 0.2) is 30.3 Å². The number of nitrogens with zero attached hydrogens (tertiary/aromatic N) is 2. The lowest BCUT2D eigenvalue weighted by Gasteiger charge is -2.43. The monoisotopic (exact) mass is 270 g/mol. The van der Waals surface area contributed by atoms with E-state index in [0.717, 1.165) is 19.4 Å². The van der Waals surface area contributed by atoms with Gasteiger partial charge in [-0.3, -0.25) is 4.90 Å². The Labute approximate surface area is 120 Å². The van der Waals surface area contributed by atoms with Crippen LogP contribution in [0.3, 0.4) is 0 Å². The number of benzene rings is 1. The van der Waals surface area contributed by atoms with Crippen LogP contribution in [-0.2, 0) is 6.54 Å². The van der Waals surface area contributed by atoms with Gasteiger partial charge in [-0.25, -0.2) is 0 Å². The van der Waals surface area contributed by atoms with Crippen molar-refractivity contribution in [2.75, 3.05) is 0 Å². The molecule has 0 aromatic heterocycles. The van der Waals surface area contributed by atoms with Crippen molar-refractivity contribution in [2.24, 2.45) is 0 Å². The molecule has 0 saturated carbocycles. The summed E-state index contributed by atoms with van der Waals surface area (Å²) in [7, 11) is 0. The van der Waals surface area contributed by atoms with Crippen LogP contribution in [0.2, 0.25) is 0 Å². The highest BCUT2D eigenvalue weighted by Gasteiger charge is 2.46. The van der Waals surface area contributed by atoms with Gasteiger partial charge >= 0.3 is 0 Å². The minimum Gasteiger partial charge on any atom is -0.390 e. The maximum Gasteiger partial charge on any atom is 0.0687 e. The molecule has 2 atom stereocenters. The smallest absolute Gasteiger partial charge is 0.0687 e. The molecule has 1 N–H and O–H groups in total. The van der Waals surface area contributed by atoms with Crippen molar-refractivity contribution in [3.8, 4) is 6.07 Å². The van der Waals surface area contributed by atoms with Crippen LogP contribution in [-0.4, -0.2) is 27.7 Å². The summed E-state index contributed by atoms with van der Waals surface area (Å²) in [5.41, 5.74) is 0.751. The van der Waals surface area contributed by atoms with Crippen LogP contribution in [0, 0.1) is 11.3 Å². The van der Waals surface area contributed by atoms with E-state index in [0.29, 0.717) is 24.9 Å². The lowest BCUT2D eigenvalue weighted by molar-refractivity contribution is -0.0588. The summed E-state index contributed by atoms with van der Waals surface area (Å²) in [6, 6.07) is 13.7. The molecule has 20 heavy (non-hydrogen) atoms. The summed E-state index contributed by atoms with van der Waals surface area (Å²) in [4.78, 5) is 2.57. The van der Waals surface area contributed by atoms with Crippen molar-refractivity contribution in [2.45, 2.75) is 62.8 Å². The molecule has 2 fully saturated rings. The van der Waals surface area contributed by atoms with Gasteiger partial charge in [0, 0.05) is 25.0 Å². The summed E-state index contributed by atoms with van der Waals surface area (Å²) in [5.74, 6) is 0. The van der Waals surface area contributed by atoms with Gasteiger partial charge in [-0.15, -0.1) is 0 Å². The molecule has 3 heteroatoms. The molecule has 2 heterocycles. The van der Waals surface area contributed by atoms with Crippen LogP contribution < -0.4 is 0 Å². The first-order valence-electron chi connectivity index (χ1n) is 7.59. The van der Waals surface area contributed by atoms with Gasteiger partial charge in [-0.2, -0.15) is 5.26 Å². The van der Waals surface area contributed by atoms with Crippen molar-refractivity contribution in [3.63, 3.8) is 0 Å². The highest BCUT2D eigenvalue weighted by molar-refractivity contribution is 5.16. The van der Waals surface area contributed by atoms with Crippen LogP contribution in [0.4, 0.5) is 0 Å². The third kappa shape index (κ3) is 2.72. The second-order valence-electron chi connectivity index (χ2n) is 6.33. The Bertz CT molecular complexity index is 479. The van der Waals surface area contributed by atoms with E-state index in [1.807, 2.05) is 0 Å². The van der Waals surface area contributed by atoms with E-state index in [4.69, 9.17) is 5.26 Å². The molecular weight excluding hydrogens is 248 g/mol. The van der Waals surface area contributed by atoms with Gasteiger partial charge in [-0.05, 0) is 37.7 Å². The first kappa shape index (κ1) is 13.6. The second-order valence-corrected chi connectivity index (χ2v) is 6.33. The Morgan fingerprint density at radius 2 is 1.85 bits per heavy atom. The average molecular weight is 270 g/mol. The third-order valence-corrected chi connectivity index (χ3v) is 4.91. The SMILES string of the molecule is N#CCCC1(O)CC2CCC(C1)N2Cc1ccccc1. The first-order chi connectivity index (χ1) is 9.70. The topological polar surface area (TPSA) is 47.3 Å². The summed E-state index contributed by atoms with van der Waals surface area (Å²) in [5, 5.41) is 19.4. The molecule has 3 nitrogen and oxygen atoms in total. The highest BCUT2D eigenvalue weighted by atomic mass is 16.3. The highest BCUT2D eigenvalue weighted by Crippen LogP contribution is 2.43. The molecule has 2 aliphatic heterocycles. The van der Waals surface area contributed by atoms with E-state index in [9.17, 15) is 5.11 Å². The normalized spacial score (nSPS) is 33.0. The van der Waals surface area contributed by atoms with Crippen molar-refractivity contribution < 1.29 is 5.11 Å².